The molecule has 2 heterocycles. The van der Waals surface area contributed by atoms with Gasteiger partial charge in [-0.05, 0) is 25.3 Å². The fourth-order valence-electron chi connectivity index (χ4n) is 2.05. The molecule has 0 saturated heterocycles. The highest BCUT2D eigenvalue weighted by Crippen LogP contribution is 2.29. The summed E-state index contributed by atoms with van der Waals surface area (Å²) in [6, 6.07) is 3.62. The molecule has 128 valence electrons. The van der Waals surface area contributed by atoms with Gasteiger partial charge in [0.25, 0.3) is 0 Å². The lowest BCUT2D eigenvalue weighted by Gasteiger charge is -2.13. The van der Waals surface area contributed by atoms with Crippen molar-refractivity contribution in [2.75, 3.05) is 26.9 Å². The minimum Gasteiger partial charge on any atom is -0.462 e. The van der Waals surface area contributed by atoms with E-state index in [1.165, 1.54) is 18.4 Å². The maximum Gasteiger partial charge on any atom is 0.341 e. The number of hydrogen-bond donors (Lipinski definition) is 0. The number of aryl methyl sites for hydroxylation is 1. The SMILES string of the molecule is CCOC(=O)c1c(-c2cccs2)nnc(C)c1C(=O)OCCOC. The molecule has 0 aliphatic carbocycles. The van der Waals surface area contributed by atoms with E-state index in [0.29, 0.717) is 11.4 Å². The van der Waals surface area contributed by atoms with Crippen molar-refractivity contribution >= 4 is 23.3 Å². The van der Waals surface area contributed by atoms with Gasteiger partial charge in [-0.15, -0.1) is 16.4 Å². The maximum absolute atomic E-state index is 12.5. The molecule has 0 spiro atoms. The Labute approximate surface area is 143 Å². The fraction of sp³-hybridized carbons (Fsp3) is 0.375. The van der Waals surface area contributed by atoms with Gasteiger partial charge in [0, 0.05) is 7.11 Å². The predicted molar refractivity (Wildman–Crippen MR) is 88.2 cm³/mol. The highest BCUT2D eigenvalue weighted by Gasteiger charge is 2.28. The zero-order chi connectivity index (χ0) is 17.5. The lowest BCUT2D eigenvalue weighted by atomic mass is 10.0. The number of carbonyl (C=O) groups is 2. The first-order chi connectivity index (χ1) is 11.6. The second-order valence-electron chi connectivity index (χ2n) is 4.71. The molecule has 0 bridgehead atoms. The number of ether oxygens (including phenoxy) is 3. The predicted octanol–water partition coefficient (Wildman–Crippen LogP) is 2.49. The number of methoxy groups -OCH3 is 1. The highest BCUT2D eigenvalue weighted by molar-refractivity contribution is 7.13. The number of nitrogens with zero attached hydrogens (tertiary/aromatic N) is 2. The zero-order valence-corrected chi connectivity index (χ0v) is 14.5. The van der Waals surface area contributed by atoms with Crippen LogP contribution in [-0.2, 0) is 14.2 Å². The van der Waals surface area contributed by atoms with Gasteiger partial charge in [-0.2, -0.15) is 5.10 Å². The standard InChI is InChI=1S/C16H18N2O5S/c1-4-22-16(20)13-12(15(19)23-8-7-21-3)10(2)17-18-14(13)11-6-5-9-24-11/h5-6,9H,4,7-8H2,1-3H3. The molecule has 0 aliphatic rings. The van der Waals surface area contributed by atoms with Crippen LogP contribution in [0.4, 0.5) is 0 Å². The van der Waals surface area contributed by atoms with Gasteiger partial charge in [0.2, 0.25) is 0 Å². The topological polar surface area (TPSA) is 87.6 Å². The van der Waals surface area contributed by atoms with Crippen molar-refractivity contribution in [2.45, 2.75) is 13.8 Å². The normalized spacial score (nSPS) is 10.5. The van der Waals surface area contributed by atoms with Crippen molar-refractivity contribution < 1.29 is 23.8 Å². The molecule has 8 heteroatoms. The fourth-order valence-corrected chi connectivity index (χ4v) is 2.77. The van der Waals surface area contributed by atoms with E-state index < -0.39 is 11.9 Å². The smallest absolute Gasteiger partial charge is 0.341 e. The molecule has 2 aromatic rings. The van der Waals surface area contributed by atoms with Crippen LogP contribution in [0.5, 0.6) is 0 Å². The number of rotatable bonds is 7. The minimum absolute atomic E-state index is 0.0722. The number of hydrogen-bond acceptors (Lipinski definition) is 8. The van der Waals surface area contributed by atoms with Crippen molar-refractivity contribution in [1.29, 1.82) is 0 Å². The highest BCUT2D eigenvalue weighted by atomic mass is 32.1. The third kappa shape index (κ3) is 3.95. The summed E-state index contributed by atoms with van der Waals surface area (Å²) >= 11 is 1.39. The Morgan fingerprint density at radius 2 is 1.88 bits per heavy atom. The summed E-state index contributed by atoms with van der Waals surface area (Å²) in [7, 11) is 1.51. The van der Waals surface area contributed by atoms with Crippen LogP contribution >= 0.6 is 11.3 Å². The molecule has 0 N–H and O–H groups in total. The zero-order valence-electron chi connectivity index (χ0n) is 13.7. The molecule has 0 atom stereocenters. The van der Waals surface area contributed by atoms with Gasteiger partial charge in [0.1, 0.15) is 17.9 Å². The molecule has 0 unspecified atom stereocenters. The van der Waals surface area contributed by atoms with E-state index in [9.17, 15) is 9.59 Å². The van der Waals surface area contributed by atoms with Crippen molar-refractivity contribution in [3.8, 4) is 10.6 Å². The van der Waals surface area contributed by atoms with E-state index >= 15 is 0 Å². The number of esters is 2. The van der Waals surface area contributed by atoms with Gasteiger partial charge in [-0.25, -0.2) is 9.59 Å². The molecule has 24 heavy (non-hydrogen) atoms. The summed E-state index contributed by atoms with van der Waals surface area (Å²) < 4.78 is 15.1. The Hall–Kier alpha value is -2.32. The van der Waals surface area contributed by atoms with Crippen molar-refractivity contribution in [3.63, 3.8) is 0 Å². The largest absolute Gasteiger partial charge is 0.462 e. The van der Waals surface area contributed by atoms with Gasteiger partial charge in [-0.3, -0.25) is 0 Å². The van der Waals surface area contributed by atoms with E-state index in [1.807, 2.05) is 11.4 Å². The van der Waals surface area contributed by atoms with E-state index in [1.54, 1.807) is 19.9 Å². The average Bonchev–Trinajstić information content (AvgIpc) is 3.09. The van der Waals surface area contributed by atoms with Gasteiger partial charge < -0.3 is 14.2 Å². The van der Waals surface area contributed by atoms with E-state index in [-0.39, 0.29) is 30.9 Å². The van der Waals surface area contributed by atoms with Crippen LogP contribution in [0, 0.1) is 6.92 Å². The molecule has 2 rings (SSSR count). The van der Waals surface area contributed by atoms with Crippen molar-refractivity contribution in [2.24, 2.45) is 0 Å². The van der Waals surface area contributed by atoms with E-state index in [2.05, 4.69) is 10.2 Å². The van der Waals surface area contributed by atoms with Crippen LogP contribution in [0.3, 0.4) is 0 Å². The van der Waals surface area contributed by atoms with Crippen molar-refractivity contribution in [3.05, 3.63) is 34.3 Å². The van der Waals surface area contributed by atoms with Crippen LogP contribution in [0.15, 0.2) is 17.5 Å². The second kappa shape index (κ2) is 8.51. The first kappa shape index (κ1) is 18.0. The molecule has 0 fully saturated rings. The minimum atomic E-state index is -0.652. The van der Waals surface area contributed by atoms with E-state index in [0.717, 1.165) is 4.88 Å². The second-order valence-corrected chi connectivity index (χ2v) is 5.66. The van der Waals surface area contributed by atoms with Crippen LogP contribution in [0.2, 0.25) is 0 Å². The quantitative estimate of drug-likeness (QED) is 0.560. The molecular formula is C16H18N2O5S. The lowest BCUT2D eigenvalue weighted by molar-refractivity contribution is 0.0373. The molecular weight excluding hydrogens is 332 g/mol. The third-order valence-electron chi connectivity index (χ3n) is 3.11. The number of aromatic nitrogens is 2. The number of carbonyl (C=O) groups excluding carboxylic acids is 2. The summed E-state index contributed by atoms with van der Waals surface area (Å²) in [5, 5.41) is 9.94. The summed E-state index contributed by atoms with van der Waals surface area (Å²) in [4.78, 5) is 25.6. The summed E-state index contributed by atoms with van der Waals surface area (Å²) in [5.41, 5.74) is 0.769. The molecule has 7 nitrogen and oxygen atoms in total. The van der Waals surface area contributed by atoms with Crippen LogP contribution in [0.25, 0.3) is 10.6 Å². The summed E-state index contributed by atoms with van der Waals surface area (Å²) in [6.45, 7) is 3.81. The summed E-state index contributed by atoms with van der Waals surface area (Å²) in [5.74, 6) is -1.28. The van der Waals surface area contributed by atoms with Crippen LogP contribution in [-0.4, -0.2) is 49.1 Å². The molecule has 0 saturated carbocycles. The Bertz CT molecular complexity index is 716. The Morgan fingerprint density at radius 3 is 2.50 bits per heavy atom. The van der Waals surface area contributed by atoms with E-state index in [4.69, 9.17) is 14.2 Å². The lowest BCUT2D eigenvalue weighted by Crippen LogP contribution is -2.20. The summed E-state index contributed by atoms with van der Waals surface area (Å²) in [6.07, 6.45) is 0. The first-order valence-corrected chi connectivity index (χ1v) is 8.22. The van der Waals surface area contributed by atoms with Gasteiger partial charge in [0.05, 0.1) is 29.3 Å². The number of thiophene rings is 1. The average molecular weight is 350 g/mol. The van der Waals surface area contributed by atoms with Gasteiger partial charge in [0.15, 0.2) is 0 Å². The Kier molecular flexibility index (Phi) is 6.39. The molecule has 0 aromatic carbocycles. The third-order valence-corrected chi connectivity index (χ3v) is 3.98. The molecule has 0 radical (unpaired) electrons. The van der Waals surface area contributed by atoms with Crippen LogP contribution < -0.4 is 0 Å². The monoisotopic (exact) mass is 350 g/mol. The van der Waals surface area contributed by atoms with Gasteiger partial charge >= 0.3 is 11.9 Å². The molecule has 0 aliphatic heterocycles. The van der Waals surface area contributed by atoms with Gasteiger partial charge in [-0.1, -0.05) is 6.07 Å². The Balaban J connectivity index is 2.53. The Morgan fingerprint density at radius 1 is 1.12 bits per heavy atom. The maximum atomic E-state index is 12.5. The molecule has 0 amide bonds. The van der Waals surface area contributed by atoms with Crippen molar-refractivity contribution in [1.82, 2.24) is 10.2 Å². The first-order valence-electron chi connectivity index (χ1n) is 7.34. The molecule has 2 aromatic heterocycles. The van der Waals surface area contributed by atoms with Crippen LogP contribution in [0.1, 0.15) is 33.3 Å².